The minimum Gasteiger partial charge on any atom is -0.480 e. The van der Waals surface area contributed by atoms with Crippen LogP contribution in [-0.2, 0) is 19.1 Å². The summed E-state index contributed by atoms with van der Waals surface area (Å²) in [4.78, 5) is 37.9. The van der Waals surface area contributed by atoms with Crippen molar-refractivity contribution in [1.82, 2.24) is 10.2 Å². The van der Waals surface area contributed by atoms with E-state index in [-0.39, 0.29) is 11.7 Å². The number of carbonyl (C=O) groups is 3. The Kier molecular flexibility index (Phi) is 15.9. The minimum absolute atomic E-state index is 0.00744. The predicted molar refractivity (Wildman–Crippen MR) is 150 cm³/mol. The van der Waals surface area contributed by atoms with Gasteiger partial charge in [0.2, 0.25) is 5.91 Å². The van der Waals surface area contributed by atoms with Crippen molar-refractivity contribution in [2.45, 2.75) is 88.9 Å². The van der Waals surface area contributed by atoms with Crippen molar-refractivity contribution in [3.05, 3.63) is 35.9 Å². The van der Waals surface area contributed by atoms with E-state index in [0.717, 1.165) is 38.5 Å². The second-order valence-electron chi connectivity index (χ2n) is 10.4. The van der Waals surface area contributed by atoms with Gasteiger partial charge in [0.25, 0.3) is 0 Å². The van der Waals surface area contributed by atoms with Gasteiger partial charge < -0.3 is 31.7 Å². The molecule has 0 aromatic heterocycles. The molecule has 0 bridgehead atoms. The lowest BCUT2D eigenvalue weighted by Gasteiger charge is -2.38. The average molecular weight is 549 g/mol. The normalized spacial score (nSPS) is 17.2. The molecule has 1 aromatic carbocycles. The summed E-state index contributed by atoms with van der Waals surface area (Å²) in [6.45, 7) is 2.97. The molecule has 1 aliphatic rings. The van der Waals surface area contributed by atoms with Gasteiger partial charge in [0.1, 0.15) is 11.8 Å². The number of carbonyl (C=O) groups excluding carboxylic acids is 2. The summed E-state index contributed by atoms with van der Waals surface area (Å²) in [5.41, 5.74) is 12.7. The molecule has 4 atom stereocenters. The zero-order valence-electron chi connectivity index (χ0n) is 23.1. The first-order valence-corrected chi connectivity index (χ1v) is 14.4. The van der Waals surface area contributed by atoms with Crippen LogP contribution in [0.25, 0.3) is 0 Å². The molecule has 1 unspecified atom stereocenters. The molecule has 220 valence electrons. The van der Waals surface area contributed by atoms with Gasteiger partial charge in [-0.3, -0.25) is 19.3 Å². The predicted octanol–water partition coefficient (Wildman–Crippen LogP) is 2.34. The number of benzene rings is 1. The number of amides is 1. The zero-order chi connectivity index (χ0) is 28.5. The van der Waals surface area contributed by atoms with Crippen LogP contribution in [0.5, 0.6) is 0 Å². The van der Waals surface area contributed by atoms with E-state index in [2.05, 4.69) is 5.32 Å². The van der Waals surface area contributed by atoms with Crippen LogP contribution in [0.15, 0.2) is 30.3 Å². The summed E-state index contributed by atoms with van der Waals surface area (Å²) in [6.07, 6.45) is 6.54. The van der Waals surface area contributed by atoms with E-state index in [1.807, 2.05) is 35.2 Å². The Bertz CT molecular complexity index is 849. The number of hydrogen-bond acceptors (Lipinski definition) is 8. The zero-order valence-corrected chi connectivity index (χ0v) is 23.1. The lowest BCUT2D eigenvalue weighted by Crippen LogP contribution is -2.55. The first-order chi connectivity index (χ1) is 18.8. The minimum atomic E-state index is -0.996. The number of aliphatic carboxylic acids is 1. The fourth-order valence-electron chi connectivity index (χ4n) is 4.90. The maximum Gasteiger partial charge on any atom is 0.320 e. The van der Waals surface area contributed by atoms with E-state index in [9.17, 15) is 19.5 Å². The molecule has 39 heavy (non-hydrogen) atoms. The van der Waals surface area contributed by atoms with Crippen LogP contribution in [0, 0.1) is 5.92 Å². The van der Waals surface area contributed by atoms with E-state index >= 15 is 0 Å². The lowest BCUT2D eigenvalue weighted by atomic mass is 9.86. The topological polar surface area (TPSA) is 168 Å². The molecule has 1 heterocycles. The summed E-state index contributed by atoms with van der Waals surface area (Å²) in [5, 5.41) is 22.7. The van der Waals surface area contributed by atoms with Crippen molar-refractivity contribution in [2.24, 2.45) is 17.4 Å². The highest BCUT2D eigenvalue weighted by Gasteiger charge is 2.36. The molecule has 0 saturated carbocycles. The SMILES string of the molecule is NC(CCCCNC(=O)CCCCCCCCC(=O)[C@H]([C@H](O)c1ccccc1)[C@@H](N)N1CCOCC1)C(=O)O. The van der Waals surface area contributed by atoms with E-state index in [0.29, 0.717) is 70.5 Å². The number of hydrogen-bond donors (Lipinski definition) is 5. The smallest absolute Gasteiger partial charge is 0.320 e. The molecule has 10 heteroatoms. The van der Waals surface area contributed by atoms with Gasteiger partial charge >= 0.3 is 5.97 Å². The maximum absolute atomic E-state index is 13.3. The summed E-state index contributed by atoms with van der Waals surface area (Å²) >= 11 is 0. The van der Waals surface area contributed by atoms with Crippen LogP contribution < -0.4 is 16.8 Å². The molecule has 1 amide bonds. The summed E-state index contributed by atoms with van der Waals surface area (Å²) in [5.74, 6) is -1.68. The second-order valence-corrected chi connectivity index (χ2v) is 10.4. The largest absolute Gasteiger partial charge is 0.480 e. The molecule has 1 aliphatic heterocycles. The Hall–Kier alpha value is -2.37. The Morgan fingerprint density at radius 2 is 1.51 bits per heavy atom. The standard InChI is InChI=1S/C29H48N4O6/c30-23(29(37)38)14-10-11-17-32-25(35)16-9-4-2-1-3-8-15-24(34)26(27(36)22-12-6-5-7-13-22)28(31)33-18-20-39-21-19-33/h5-7,12-13,23,26-28,36H,1-4,8-11,14-21,30-31H2,(H,32,35)(H,37,38)/t23?,26-,27-,28+/m1/s1. The Morgan fingerprint density at radius 3 is 2.15 bits per heavy atom. The molecule has 0 radical (unpaired) electrons. The molecular weight excluding hydrogens is 500 g/mol. The highest BCUT2D eigenvalue weighted by molar-refractivity contribution is 5.82. The van der Waals surface area contributed by atoms with Gasteiger partial charge in [0.15, 0.2) is 0 Å². The number of nitrogens with one attached hydrogen (secondary N) is 1. The number of aliphatic hydroxyl groups excluding tert-OH is 1. The van der Waals surface area contributed by atoms with Gasteiger partial charge in [-0.2, -0.15) is 0 Å². The van der Waals surface area contributed by atoms with Crippen molar-refractivity contribution in [3.8, 4) is 0 Å². The average Bonchev–Trinajstić information content (AvgIpc) is 2.95. The number of ketones is 1. The van der Waals surface area contributed by atoms with Crippen molar-refractivity contribution < 1.29 is 29.3 Å². The molecule has 1 aromatic rings. The van der Waals surface area contributed by atoms with Crippen molar-refractivity contribution in [3.63, 3.8) is 0 Å². The fourth-order valence-corrected chi connectivity index (χ4v) is 4.90. The number of nitrogens with two attached hydrogens (primary N) is 2. The number of morpholine rings is 1. The quantitative estimate of drug-likeness (QED) is 0.154. The van der Waals surface area contributed by atoms with Gasteiger partial charge in [-0.15, -0.1) is 0 Å². The van der Waals surface area contributed by atoms with E-state index < -0.39 is 30.2 Å². The lowest BCUT2D eigenvalue weighted by molar-refractivity contribution is -0.138. The third kappa shape index (κ3) is 12.6. The summed E-state index contributed by atoms with van der Waals surface area (Å²) < 4.78 is 5.42. The highest BCUT2D eigenvalue weighted by Crippen LogP contribution is 2.28. The molecular formula is C29H48N4O6. The Balaban J connectivity index is 1.63. The number of unbranched alkanes of at least 4 members (excludes halogenated alkanes) is 6. The van der Waals surface area contributed by atoms with Crippen LogP contribution in [-0.4, -0.2) is 77.8 Å². The highest BCUT2D eigenvalue weighted by atomic mass is 16.5. The number of carboxylic acids is 1. The van der Waals surface area contributed by atoms with Gasteiger partial charge in [-0.05, 0) is 37.7 Å². The van der Waals surface area contributed by atoms with E-state index in [4.69, 9.17) is 21.3 Å². The third-order valence-corrected chi connectivity index (χ3v) is 7.35. The fraction of sp³-hybridized carbons (Fsp3) is 0.690. The molecule has 0 aliphatic carbocycles. The Morgan fingerprint density at radius 1 is 0.897 bits per heavy atom. The number of Topliss-reactive ketones (excluding diaryl/α,β-unsaturated/α-hetero) is 1. The second kappa shape index (κ2) is 18.8. The number of carboxylic acid groups (broad SMARTS) is 1. The molecule has 7 N–H and O–H groups in total. The Labute approximate surface area is 232 Å². The maximum atomic E-state index is 13.3. The summed E-state index contributed by atoms with van der Waals surface area (Å²) in [6, 6.07) is 8.40. The third-order valence-electron chi connectivity index (χ3n) is 7.35. The van der Waals surface area contributed by atoms with Gasteiger partial charge in [-0.1, -0.05) is 56.0 Å². The van der Waals surface area contributed by atoms with Gasteiger partial charge in [0.05, 0.1) is 31.4 Å². The number of ether oxygens (including phenoxy) is 1. The van der Waals surface area contributed by atoms with Crippen LogP contribution in [0.4, 0.5) is 0 Å². The first-order valence-electron chi connectivity index (χ1n) is 14.4. The first kappa shape index (κ1) is 32.8. The van der Waals surface area contributed by atoms with Gasteiger partial charge in [-0.25, -0.2) is 0 Å². The molecule has 10 nitrogen and oxygen atoms in total. The number of rotatable bonds is 20. The van der Waals surface area contributed by atoms with E-state index in [1.165, 1.54) is 0 Å². The molecule has 2 rings (SSSR count). The molecule has 1 saturated heterocycles. The molecule has 1 fully saturated rings. The monoisotopic (exact) mass is 548 g/mol. The van der Waals surface area contributed by atoms with Gasteiger partial charge in [0, 0.05) is 32.5 Å². The van der Waals surface area contributed by atoms with Crippen LogP contribution in [0.2, 0.25) is 0 Å². The van der Waals surface area contributed by atoms with Crippen molar-refractivity contribution in [1.29, 1.82) is 0 Å². The van der Waals surface area contributed by atoms with Crippen LogP contribution in [0.3, 0.4) is 0 Å². The van der Waals surface area contributed by atoms with Crippen LogP contribution >= 0.6 is 0 Å². The number of nitrogens with zero attached hydrogens (tertiary/aromatic N) is 1. The van der Waals surface area contributed by atoms with E-state index in [1.54, 1.807) is 0 Å². The van der Waals surface area contributed by atoms with Crippen molar-refractivity contribution in [2.75, 3.05) is 32.8 Å². The van der Waals surface area contributed by atoms with Crippen molar-refractivity contribution >= 4 is 17.7 Å². The van der Waals surface area contributed by atoms with Crippen LogP contribution in [0.1, 0.15) is 82.3 Å². The summed E-state index contributed by atoms with van der Waals surface area (Å²) in [7, 11) is 0. The number of aliphatic hydroxyl groups is 1. The molecule has 0 spiro atoms.